The number of unbranched alkanes of at least 4 members (excludes halogenated alkanes) is 4. The second-order valence-corrected chi connectivity index (χ2v) is 9.69. The van der Waals surface area contributed by atoms with E-state index < -0.39 is 0 Å². The second-order valence-electron chi connectivity index (χ2n) is 9.69. The third-order valence-electron chi connectivity index (χ3n) is 5.88. The van der Waals surface area contributed by atoms with Gasteiger partial charge in [-0.1, -0.05) is 25.0 Å². The van der Waals surface area contributed by atoms with Crippen LogP contribution in [0.25, 0.3) is 0 Å². The van der Waals surface area contributed by atoms with Gasteiger partial charge in [-0.15, -0.1) is 0 Å². The minimum atomic E-state index is -0.185. The van der Waals surface area contributed by atoms with Crippen LogP contribution < -0.4 is 16.4 Å². The van der Waals surface area contributed by atoms with Gasteiger partial charge in [0.25, 0.3) is 5.91 Å². The second kappa shape index (κ2) is 16.2. The summed E-state index contributed by atoms with van der Waals surface area (Å²) in [6.45, 7) is 1.23. The summed E-state index contributed by atoms with van der Waals surface area (Å²) in [6, 6.07) is 7.66. The zero-order valence-corrected chi connectivity index (χ0v) is 21.5. The molecule has 0 aromatic heterocycles. The van der Waals surface area contributed by atoms with Crippen molar-refractivity contribution < 1.29 is 23.6 Å². The summed E-state index contributed by atoms with van der Waals surface area (Å²) in [5.41, 5.74) is 7.47. The lowest BCUT2D eigenvalue weighted by molar-refractivity contribution is -0.886. The summed E-state index contributed by atoms with van der Waals surface area (Å²) in [5.74, 6) is -0.108. The van der Waals surface area contributed by atoms with Crippen molar-refractivity contribution in [2.75, 3.05) is 46.7 Å². The van der Waals surface area contributed by atoms with Crippen LogP contribution in [0, 0.1) is 0 Å². The predicted molar refractivity (Wildman–Crippen MR) is 136 cm³/mol. The molecule has 1 unspecified atom stereocenters. The first-order chi connectivity index (χ1) is 16.2. The SMILES string of the molecule is COC(=O)CCCCCCC(=O)Nc1ccc(CCNC(=O)C(CCCCN)[N+](C)(C)C)cc1. The van der Waals surface area contributed by atoms with Crippen molar-refractivity contribution in [2.24, 2.45) is 5.73 Å². The number of likely N-dealkylation sites (N-methyl/N-ethyl adjacent to an activating group) is 1. The Bertz CT molecular complexity index is 744. The molecule has 0 heterocycles. The van der Waals surface area contributed by atoms with Crippen molar-refractivity contribution in [1.82, 2.24) is 5.32 Å². The van der Waals surface area contributed by atoms with Crippen LogP contribution in [0.1, 0.15) is 63.4 Å². The molecule has 34 heavy (non-hydrogen) atoms. The Hall–Kier alpha value is -2.45. The smallest absolute Gasteiger partial charge is 0.305 e. The standard InChI is InChI=1S/C26H44N4O4/c1-30(2,3)23(11-9-10-19-27)26(33)28-20-18-21-14-16-22(17-15-21)29-24(31)12-7-5-6-8-13-25(32)34-4/h14-17,23H,5-13,18-20,27H2,1-4H3,(H-,28,29,31,33)/p+1. The number of benzene rings is 1. The molecule has 0 bridgehead atoms. The number of hydrogen-bond acceptors (Lipinski definition) is 5. The van der Waals surface area contributed by atoms with E-state index in [0.29, 0.717) is 30.4 Å². The number of esters is 1. The Labute approximate surface area is 205 Å². The molecule has 4 N–H and O–H groups in total. The number of nitrogens with one attached hydrogen (secondary N) is 2. The number of carbonyl (C=O) groups excluding carboxylic acids is 3. The van der Waals surface area contributed by atoms with Gasteiger partial charge in [-0.25, -0.2) is 0 Å². The molecule has 0 saturated carbocycles. The van der Waals surface area contributed by atoms with Crippen LogP contribution >= 0.6 is 0 Å². The van der Waals surface area contributed by atoms with Crippen molar-refractivity contribution in [3.63, 3.8) is 0 Å². The molecular weight excluding hydrogens is 432 g/mol. The van der Waals surface area contributed by atoms with Gasteiger partial charge in [0.05, 0.1) is 28.3 Å². The number of methoxy groups -OCH3 is 1. The van der Waals surface area contributed by atoms with Crippen molar-refractivity contribution in [3.05, 3.63) is 29.8 Å². The van der Waals surface area contributed by atoms with Gasteiger partial charge in [0.15, 0.2) is 6.04 Å². The lowest BCUT2D eigenvalue weighted by Crippen LogP contribution is -2.54. The highest BCUT2D eigenvalue weighted by molar-refractivity contribution is 5.90. The predicted octanol–water partition coefficient (Wildman–Crippen LogP) is 3.00. The normalized spacial score (nSPS) is 12.1. The van der Waals surface area contributed by atoms with E-state index in [1.807, 2.05) is 45.4 Å². The van der Waals surface area contributed by atoms with Crippen LogP contribution in [0.2, 0.25) is 0 Å². The van der Waals surface area contributed by atoms with Crippen molar-refractivity contribution in [2.45, 2.75) is 70.3 Å². The first kappa shape index (κ1) is 29.6. The van der Waals surface area contributed by atoms with Crippen LogP contribution in [0.4, 0.5) is 5.69 Å². The molecule has 0 radical (unpaired) electrons. The molecular formula is C26H45N4O4+. The lowest BCUT2D eigenvalue weighted by Gasteiger charge is -2.33. The highest BCUT2D eigenvalue weighted by atomic mass is 16.5. The summed E-state index contributed by atoms with van der Waals surface area (Å²) < 4.78 is 5.21. The molecule has 0 aliphatic rings. The quantitative estimate of drug-likeness (QED) is 0.181. The van der Waals surface area contributed by atoms with Gasteiger partial charge in [0.2, 0.25) is 5.91 Å². The van der Waals surface area contributed by atoms with Gasteiger partial charge >= 0.3 is 5.97 Å². The van der Waals surface area contributed by atoms with Gasteiger partial charge < -0.3 is 25.6 Å². The lowest BCUT2D eigenvalue weighted by atomic mass is 10.1. The fourth-order valence-corrected chi connectivity index (χ4v) is 3.79. The minimum Gasteiger partial charge on any atom is -0.469 e. The Morgan fingerprint density at radius 3 is 2.18 bits per heavy atom. The van der Waals surface area contributed by atoms with Crippen LogP contribution in [0.5, 0.6) is 0 Å². The monoisotopic (exact) mass is 477 g/mol. The molecule has 1 rings (SSSR count). The van der Waals surface area contributed by atoms with Crippen LogP contribution in [-0.2, 0) is 25.5 Å². The first-order valence-corrected chi connectivity index (χ1v) is 12.4. The molecule has 1 aromatic carbocycles. The van der Waals surface area contributed by atoms with Crippen molar-refractivity contribution in [3.8, 4) is 0 Å². The number of rotatable bonds is 17. The van der Waals surface area contributed by atoms with Gasteiger partial charge in [0.1, 0.15) is 0 Å². The van der Waals surface area contributed by atoms with Gasteiger partial charge in [0, 0.05) is 31.5 Å². The summed E-state index contributed by atoms with van der Waals surface area (Å²) in [7, 11) is 7.53. The van der Waals surface area contributed by atoms with Crippen LogP contribution in [0.15, 0.2) is 24.3 Å². The molecule has 0 fully saturated rings. The fourth-order valence-electron chi connectivity index (χ4n) is 3.79. The van der Waals surface area contributed by atoms with Crippen LogP contribution in [-0.4, -0.2) is 69.7 Å². The molecule has 0 aliphatic heterocycles. The molecule has 8 heteroatoms. The largest absolute Gasteiger partial charge is 0.469 e. The average Bonchev–Trinajstić information content (AvgIpc) is 2.79. The molecule has 192 valence electrons. The number of hydrogen-bond donors (Lipinski definition) is 3. The summed E-state index contributed by atoms with van der Waals surface area (Å²) in [6.07, 6.45) is 7.76. The number of carbonyl (C=O) groups is 3. The Kier molecular flexibility index (Phi) is 14.1. The van der Waals surface area contributed by atoms with Gasteiger partial charge in [-0.3, -0.25) is 14.4 Å². The summed E-state index contributed by atoms with van der Waals surface area (Å²) in [4.78, 5) is 35.9. The molecule has 8 nitrogen and oxygen atoms in total. The van der Waals surface area contributed by atoms with Crippen LogP contribution in [0.3, 0.4) is 0 Å². The maximum atomic E-state index is 12.7. The molecule has 1 aromatic rings. The number of quaternary nitrogens is 1. The highest BCUT2D eigenvalue weighted by Gasteiger charge is 2.30. The van der Waals surface area contributed by atoms with E-state index in [0.717, 1.165) is 62.6 Å². The van der Waals surface area contributed by atoms with E-state index in [1.54, 1.807) is 0 Å². The fraction of sp³-hybridized carbons (Fsp3) is 0.654. The summed E-state index contributed by atoms with van der Waals surface area (Å²) >= 11 is 0. The number of amides is 2. The Morgan fingerprint density at radius 1 is 0.941 bits per heavy atom. The number of nitrogens with zero attached hydrogens (tertiary/aromatic N) is 1. The average molecular weight is 478 g/mol. The zero-order valence-electron chi connectivity index (χ0n) is 21.5. The van der Waals surface area contributed by atoms with Crippen molar-refractivity contribution >= 4 is 23.5 Å². The third-order valence-corrected chi connectivity index (χ3v) is 5.88. The maximum Gasteiger partial charge on any atom is 0.305 e. The highest BCUT2D eigenvalue weighted by Crippen LogP contribution is 2.14. The van der Waals surface area contributed by atoms with E-state index in [-0.39, 0.29) is 23.8 Å². The number of nitrogens with two attached hydrogens (primary N) is 1. The van der Waals surface area contributed by atoms with E-state index >= 15 is 0 Å². The number of anilines is 1. The molecule has 0 saturated heterocycles. The van der Waals surface area contributed by atoms with Crippen molar-refractivity contribution in [1.29, 1.82) is 0 Å². The van der Waals surface area contributed by atoms with E-state index in [4.69, 9.17) is 5.73 Å². The minimum absolute atomic E-state index is 0.00559. The molecule has 0 aliphatic carbocycles. The molecule has 1 atom stereocenters. The third kappa shape index (κ3) is 12.7. The topological polar surface area (TPSA) is 111 Å². The van der Waals surface area contributed by atoms with E-state index in [1.165, 1.54) is 7.11 Å². The Balaban J connectivity index is 2.33. The summed E-state index contributed by atoms with van der Waals surface area (Å²) in [5, 5.41) is 6.00. The molecule has 0 spiro atoms. The zero-order chi connectivity index (χ0) is 25.4. The number of ether oxygens (including phenoxy) is 1. The van der Waals surface area contributed by atoms with E-state index in [2.05, 4.69) is 15.4 Å². The molecule has 2 amide bonds. The van der Waals surface area contributed by atoms with E-state index in [9.17, 15) is 14.4 Å². The van der Waals surface area contributed by atoms with Gasteiger partial charge in [-0.2, -0.15) is 0 Å². The van der Waals surface area contributed by atoms with Gasteiger partial charge in [-0.05, 0) is 56.3 Å². The maximum absolute atomic E-state index is 12.7. The first-order valence-electron chi connectivity index (χ1n) is 12.4. The Morgan fingerprint density at radius 2 is 1.59 bits per heavy atom.